The highest BCUT2D eigenvalue weighted by Crippen LogP contribution is 2.26. The van der Waals surface area contributed by atoms with Gasteiger partial charge in [-0.1, -0.05) is 29.4 Å². The second kappa shape index (κ2) is 8.51. The Labute approximate surface area is 167 Å². The van der Waals surface area contributed by atoms with Crippen molar-refractivity contribution in [1.29, 1.82) is 0 Å². The van der Waals surface area contributed by atoms with Gasteiger partial charge in [0.25, 0.3) is 0 Å². The predicted octanol–water partition coefficient (Wildman–Crippen LogP) is 3.89. The van der Waals surface area contributed by atoms with E-state index in [2.05, 4.69) is 10.1 Å². The average Bonchev–Trinajstić information content (AvgIpc) is 3.20. The molecule has 5 nitrogen and oxygen atoms in total. The molecule has 0 spiro atoms. The number of amides is 1. The molecule has 2 aromatic carbocycles. The zero-order valence-electron chi connectivity index (χ0n) is 15.9. The maximum Gasteiger partial charge on any atom is 0.231 e. The highest BCUT2D eigenvalue weighted by molar-refractivity contribution is 5.78. The van der Waals surface area contributed by atoms with Crippen LogP contribution in [-0.2, 0) is 17.6 Å². The summed E-state index contributed by atoms with van der Waals surface area (Å²) in [5.41, 5.74) is 1.69. The Morgan fingerprint density at radius 1 is 1.03 bits per heavy atom. The molecule has 1 saturated heterocycles. The van der Waals surface area contributed by atoms with Gasteiger partial charge >= 0.3 is 0 Å². The van der Waals surface area contributed by atoms with Crippen LogP contribution in [0.3, 0.4) is 0 Å². The summed E-state index contributed by atoms with van der Waals surface area (Å²) in [6, 6.07) is 12.2. The van der Waals surface area contributed by atoms with Gasteiger partial charge in [-0.15, -0.1) is 0 Å². The van der Waals surface area contributed by atoms with E-state index in [1.165, 1.54) is 24.3 Å². The number of rotatable bonds is 5. The molecule has 7 heteroatoms. The third-order valence-electron chi connectivity index (χ3n) is 5.15. The van der Waals surface area contributed by atoms with Gasteiger partial charge in [-0.05, 0) is 48.2 Å². The van der Waals surface area contributed by atoms with Crippen molar-refractivity contribution < 1.29 is 18.1 Å². The molecule has 4 rings (SSSR count). The van der Waals surface area contributed by atoms with Crippen molar-refractivity contribution >= 4 is 5.91 Å². The van der Waals surface area contributed by atoms with E-state index in [0.717, 1.165) is 24.0 Å². The Morgan fingerprint density at radius 2 is 1.69 bits per heavy atom. The van der Waals surface area contributed by atoms with Gasteiger partial charge in [0.2, 0.25) is 11.8 Å². The third-order valence-corrected chi connectivity index (χ3v) is 5.15. The summed E-state index contributed by atoms with van der Waals surface area (Å²) >= 11 is 0. The number of carbonyl (C=O) groups is 1. The number of carbonyl (C=O) groups excluding carboxylic acids is 1. The molecule has 0 unspecified atom stereocenters. The second-order valence-corrected chi connectivity index (χ2v) is 7.33. The lowest BCUT2D eigenvalue weighted by molar-refractivity contribution is -0.131. The molecule has 1 fully saturated rings. The lowest BCUT2D eigenvalue weighted by Crippen LogP contribution is -2.40. The molecule has 0 radical (unpaired) electrons. The minimum atomic E-state index is -0.313. The highest BCUT2D eigenvalue weighted by atomic mass is 19.1. The number of hydrogen-bond acceptors (Lipinski definition) is 4. The van der Waals surface area contributed by atoms with E-state index >= 15 is 0 Å². The highest BCUT2D eigenvalue weighted by Gasteiger charge is 2.28. The lowest BCUT2D eigenvalue weighted by Gasteiger charge is -2.31. The summed E-state index contributed by atoms with van der Waals surface area (Å²) in [4.78, 5) is 18.9. The number of hydrogen-bond donors (Lipinski definition) is 0. The number of benzene rings is 2. The monoisotopic (exact) mass is 397 g/mol. The lowest BCUT2D eigenvalue weighted by atomic mass is 9.97. The van der Waals surface area contributed by atoms with Crippen LogP contribution in [0.4, 0.5) is 8.78 Å². The molecule has 0 N–H and O–H groups in total. The maximum atomic E-state index is 13.0. The fourth-order valence-electron chi connectivity index (χ4n) is 3.58. The first-order chi connectivity index (χ1) is 14.1. The van der Waals surface area contributed by atoms with Gasteiger partial charge in [-0.2, -0.15) is 4.98 Å². The van der Waals surface area contributed by atoms with Crippen LogP contribution in [0.25, 0.3) is 0 Å². The quantitative estimate of drug-likeness (QED) is 0.656. The average molecular weight is 397 g/mol. The normalized spacial score (nSPS) is 16.8. The van der Waals surface area contributed by atoms with Gasteiger partial charge < -0.3 is 9.42 Å². The zero-order chi connectivity index (χ0) is 20.2. The van der Waals surface area contributed by atoms with Crippen molar-refractivity contribution in [1.82, 2.24) is 15.0 Å². The van der Waals surface area contributed by atoms with Crippen molar-refractivity contribution in [3.63, 3.8) is 0 Å². The first kappa shape index (κ1) is 19.2. The van der Waals surface area contributed by atoms with Crippen LogP contribution in [0.5, 0.6) is 0 Å². The van der Waals surface area contributed by atoms with Gasteiger partial charge in [0.05, 0.1) is 12.3 Å². The first-order valence-corrected chi connectivity index (χ1v) is 9.66. The molecule has 1 amide bonds. The molecule has 3 aromatic rings. The van der Waals surface area contributed by atoms with Crippen LogP contribution in [0.2, 0.25) is 0 Å². The molecule has 1 aromatic heterocycles. The van der Waals surface area contributed by atoms with Gasteiger partial charge in [-0.3, -0.25) is 4.79 Å². The summed E-state index contributed by atoms with van der Waals surface area (Å²) in [5, 5.41) is 4.04. The number of nitrogens with zero attached hydrogens (tertiary/aromatic N) is 3. The molecular formula is C22H21F2N3O2. The van der Waals surface area contributed by atoms with Gasteiger partial charge in [0, 0.05) is 19.5 Å². The van der Waals surface area contributed by atoms with E-state index in [1.54, 1.807) is 29.2 Å². The molecule has 0 saturated carbocycles. The minimum Gasteiger partial charge on any atom is -0.342 e. The van der Waals surface area contributed by atoms with Crippen LogP contribution in [-0.4, -0.2) is 34.0 Å². The standard InChI is InChI=1S/C22H21F2N3O2/c23-18-7-3-15(4-8-18)12-20-25-22(29-26-20)17-2-1-11-27(14-17)21(28)13-16-5-9-19(24)10-6-16/h3-10,17H,1-2,11-14H2/t17-/m0/s1. The fraction of sp³-hybridized carbons (Fsp3) is 0.318. The number of halogens is 2. The maximum absolute atomic E-state index is 13.0. The smallest absolute Gasteiger partial charge is 0.231 e. The van der Waals surface area contributed by atoms with E-state index in [9.17, 15) is 13.6 Å². The van der Waals surface area contributed by atoms with E-state index in [-0.39, 0.29) is 29.9 Å². The summed E-state index contributed by atoms with van der Waals surface area (Å²) < 4.78 is 31.5. The second-order valence-electron chi connectivity index (χ2n) is 7.33. The summed E-state index contributed by atoms with van der Waals surface area (Å²) in [7, 11) is 0. The molecule has 2 heterocycles. The number of likely N-dealkylation sites (tertiary alicyclic amines) is 1. The largest absolute Gasteiger partial charge is 0.342 e. The van der Waals surface area contributed by atoms with Gasteiger partial charge in [0.15, 0.2) is 5.82 Å². The Balaban J connectivity index is 1.38. The van der Waals surface area contributed by atoms with Crippen LogP contribution in [0.15, 0.2) is 53.1 Å². The van der Waals surface area contributed by atoms with E-state index in [0.29, 0.717) is 31.2 Å². The van der Waals surface area contributed by atoms with Crippen molar-refractivity contribution in [3.05, 3.63) is 83.0 Å². The Morgan fingerprint density at radius 3 is 2.38 bits per heavy atom. The van der Waals surface area contributed by atoms with E-state index < -0.39 is 0 Å². The number of aromatic nitrogens is 2. The Bertz CT molecular complexity index is 970. The predicted molar refractivity (Wildman–Crippen MR) is 102 cm³/mol. The zero-order valence-corrected chi connectivity index (χ0v) is 15.9. The van der Waals surface area contributed by atoms with Crippen molar-refractivity contribution in [2.24, 2.45) is 0 Å². The molecule has 29 heavy (non-hydrogen) atoms. The first-order valence-electron chi connectivity index (χ1n) is 9.66. The minimum absolute atomic E-state index is 0.00427. The van der Waals surface area contributed by atoms with Crippen LogP contribution in [0, 0.1) is 11.6 Å². The molecule has 1 atom stereocenters. The van der Waals surface area contributed by atoms with E-state index in [4.69, 9.17) is 4.52 Å². The number of piperidine rings is 1. The van der Waals surface area contributed by atoms with Gasteiger partial charge in [0.1, 0.15) is 11.6 Å². The molecule has 1 aliphatic rings. The summed E-state index contributed by atoms with van der Waals surface area (Å²) in [6.07, 6.45) is 2.43. The molecule has 0 aliphatic carbocycles. The molecule has 1 aliphatic heterocycles. The summed E-state index contributed by atoms with van der Waals surface area (Å²) in [6.45, 7) is 1.21. The summed E-state index contributed by atoms with van der Waals surface area (Å²) in [5.74, 6) is 0.479. The fourth-order valence-corrected chi connectivity index (χ4v) is 3.58. The van der Waals surface area contributed by atoms with Crippen LogP contribution in [0.1, 0.15) is 41.6 Å². The topological polar surface area (TPSA) is 59.2 Å². The molecule has 150 valence electrons. The Kier molecular flexibility index (Phi) is 5.64. The third kappa shape index (κ3) is 4.85. The molecular weight excluding hydrogens is 376 g/mol. The molecule has 0 bridgehead atoms. The van der Waals surface area contributed by atoms with Crippen LogP contribution >= 0.6 is 0 Å². The van der Waals surface area contributed by atoms with Gasteiger partial charge in [-0.25, -0.2) is 8.78 Å². The van der Waals surface area contributed by atoms with Crippen molar-refractivity contribution in [2.45, 2.75) is 31.6 Å². The van der Waals surface area contributed by atoms with Crippen LogP contribution < -0.4 is 0 Å². The Hall–Kier alpha value is -3.09. The van der Waals surface area contributed by atoms with Crippen molar-refractivity contribution in [3.8, 4) is 0 Å². The SMILES string of the molecule is O=C(Cc1ccc(F)cc1)N1CCC[C@H](c2nc(Cc3ccc(F)cc3)no2)C1. The van der Waals surface area contributed by atoms with Crippen molar-refractivity contribution in [2.75, 3.05) is 13.1 Å². The van der Waals surface area contributed by atoms with E-state index in [1.807, 2.05) is 0 Å².